The minimum Gasteiger partial charge on any atom is -0.390 e. The van der Waals surface area contributed by atoms with Crippen molar-refractivity contribution in [3.05, 3.63) is 34.3 Å². The second-order valence-electron chi connectivity index (χ2n) is 6.51. The molecule has 0 heterocycles. The van der Waals surface area contributed by atoms with E-state index in [0.717, 1.165) is 36.6 Å². The summed E-state index contributed by atoms with van der Waals surface area (Å²) in [6.45, 7) is 4.63. The van der Waals surface area contributed by atoms with Crippen LogP contribution in [0.2, 0.25) is 0 Å². The molecule has 0 radical (unpaired) electrons. The molecule has 1 aliphatic rings. The van der Waals surface area contributed by atoms with Gasteiger partial charge in [0.1, 0.15) is 0 Å². The Kier molecular flexibility index (Phi) is 4.18. The van der Waals surface area contributed by atoms with E-state index >= 15 is 0 Å². The highest BCUT2D eigenvalue weighted by atomic mass is 79.9. The van der Waals surface area contributed by atoms with Gasteiger partial charge in [0.05, 0.1) is 5.60 Å². The van der Waals surface area contributed by atoms with Gasteiger partial charge in [0.15, 0.2) is 0 Å². The fraction of sp³-hybridized carbons (Fsp3) is 0.625. The molecule has 1 saturated carbocycles. The zero-order valence-corrected chi connectivity index (χ0v) is 13.0. The zero-order valence-electron chi connectivity index (χ0n) is 11.4. The van der Waals surface area contributed by atoms with Crippen LogP contribution in [0.4, 0.5) is 0 Å². The number of hydrogen-bond donors (Lipinski definition) is 1. The van der Waals surface area contributed by atoms with Crippen LogP contribution in [0, 0.1) is 5.41 Å². The molecule has 0 saturated heterocycles. The molecule has 1 aromatic carbocycles. The summed E-state index contributed by atoms with van der Waals surface area (Å²) < 4.78 is 1.11. The quantitative estimate of drug-likeness (QED) is 0.784. The van der Waals surface area contributed by atoms with Crippen LogP contribution in [-0.4, -0.2) is 10.7 Å². The van der Waals surface area contributed by atoms with Crippen LogP contribution in [-0.2, 0) is 6.42 Å². The molecule has 2 heteroatoms. The van der Waals surface area contributed by atoms with E-state index in [1.165, 1.54) is 12.0 Å². The molecular formula is C16H23BrO. The van der Waals surface area contributed by atoms with Gasteiger partial charge in [-0.15, -0.1) is 0 Å². The standard InChI is InChI=1S/C16H23BrO/c1-15(2)8-5-9-16(18,11-10-15)12-13-6-3-4-7-14(13)17/h3-4,6-7,18H,5,8-12H2,1-2H3. The number of aliphatic hydroxyl groups is 1. The molecule has 1 nitrogen and oxygen atoms in total. The van der Waals surface area contributed by atoms with Crippen LogP contribution in [0.1, 0.15) is 51.5 Å². The van der Waals surface area contributed by atoms with Gasteiger partial charge in [0, 0.05) is 10.9 Å². The maximum Gasteiger partial charge on any atom is 0.0688 e. The summed E-state index contributed by atoms with van der Waals surface area (Å²) >= 11 is 3.58. The van der Waals surface area contributed by atoms with Gasteiger partial charge < -0.3 is 5.11 Å². The van der Waals surface area contributed by atoms with E-state index in [1.54, 1.807) is 0 Å². The SMILES string of the molecule is CC1(C)CCCC(O)(Cc2ccccc2Br)CC1. The summed E-state index contributed by atoms with van der Waals surface area (Å²) in [5, 5.41) is 10.8. The van der Waals surface area contributed by atoms with Crippen molar-refractivity contribution in [1.29, 1.82) is 0 Å². The highest BCUT2D eigenvalue weighted by Crippen LogP contribution is 2.39. The first-order valence-corrected chi connectivity index (χ1v) is 7.65. The second-order valence-corrected chi connectivity index (χ2v) is 7.36. The number of halogens is 1. The Balaban J connectivity index is 2.10. The lowest BCUT2D eigenvalue weighted by atomic mass is 9.83. The van der Waals surface area contributed by atoms with E-state index in [2.05, 4.69) is 41.9 Å². The second kappa shape index (κ2) is 5.34. The molecule has 0 aromatic heterocycles. The van der Waals surface area contributed by atoms with E-state index in [4.69, 9.17) is 0 Å². The predicted octanol–water partition coefficient (Wildman–Crippen LogP) is 4.71. The zero-order chi connectivity index (χ0) is 13.2. The van der Waals surface area contributed by atoms with Crippen LogP contribution in [0.5, 0.6) is 0 Å². The lowest BCUT2D eigenvalue weighted by Gasteiger charge is -2.28. The van der Waals surface area contributed by atoms with Crippen molar-refractivity contribution in [3.8, 4) is 0 Å². The normalized spacial score (nSPS) is 27.8. The maximum atomic E-state index is 10.8. The molecule has 1 unspecified atom stereocenters. The number of rotatable bonds is 2. The molecular weight excluding hydrogens is 288 g/mol. The van der Waals surface area contributed by atoms with E-state index in [-0.39, 0.29) is 0 Å². The van der Waals surface area contributed by atoms with Gasteiger partial charge in [-0.3, -0.25) is 0 Å². The minimum atomic E-state index is -0.516. The third kappa shape index (κ3) is 3.58. The first-order valence-electron chi connectivity index (χ1n) is 6.86. The average molecular weight is 311 g/mol. The summed E-state index contributed by atoms with van der Waals surface area (Å²) in [6, 6.07) is 8.23. The lowest BCUT2D eigenvalue weighted by Crippen LogP contribution is -2.31. The summed E-state index contributed by atoms with van der Waals surface area (Å²) in [5.41, 5.74) is 1.09. The molecule has 100 valence electrons. The third-order valence-electron chi connectivity index (χ3n) is 4.24. The van der Waals surface area contributed by atoms with Crippen molar-refractivity contribution in [3.63, 3.8) is 0 Å². The van der Waals surface area contributed by atoms with E-state index in [0.29, 0.717) is 5.41 Å². The summed E-state index contributed by atoms with van der Waals surface area (Å²) in [6.07, 6.45) is 6.09. The van der Waals surface area contributed by atoms with Crippen LogP contribution in [0.25, 0.3) is 0 Å². The summed E-state index contributed by atoms with van der Waals surface area (Å²) in [7, 11) is 0. The Labute approximate surface area is 119 Å². The molecule has 0 spiro atoms. The Morgan fingerprint density at radius 3 is 2.56 bits per heavy atom. The van der Waals surface area contributed by atoms with Crippen LogP contribution in [0.15, 0.2) is 28.7 Å². The first-order chi connectivity index (χ1) is 8.40. The fourth-order valence-corrected chi connectivity index (χ4v) is 3.32. The van der Waals surface area contributed by atoms with Crippen molar-refractivity contribution in [1.82, 2.24) is 0 Å². The average Bonchev–Trinajstić information content (AvgIpc) is 2.42. The predicted molar refractivity (Wildman–Crippen MR) is 79.7 cm³/mol. The first kappa shape index (κ1) is 14.1. The Hall–Kier alpha value is -0.340. The molecule has 1 atom stereocenters. The molecule has 1 fully saturated rings. The molecule has 0 aliphatic heterocycles. The topological polar surface area (TPSA) is 20.2 Å². The molecule has 1 N–H and O–H groups in total. The molecule has 0 amide bonds. The Bertz CT molecular complexity index is 413. The lowest BCUT2D eigenvalue weighted by molar-refractivity contribution is 0.0224. The highest BCUT2D eigenvalue weighted by Gasteiger charge is 2.34. The van der Waals surface area contributed by atoms with Gasteiger partial charge in [-0.25, -0.2) is 0 Å². The van der Waals surface area contributed by atoms with Crippen molar-refractivity contribution < 1.29 is 5.11 Å². The van der Waals surface area contributed by atoms with Crippen LogP contribution in [0.3, 0.4) is 0 Å². The van der Waals surface area contributed by atoms with E-state index in [9.17, 15) is 5.11 Å². The molecule has 18 heavy (non-hydrogen) atoms. The summed E-state index contributed by atoms with van der Waals surface area (Å²) in [4.78, 5) is 0. The van der Waals surface area contributed by atoms with Crippen LogP contribution >= 0.6 is 15.9 Å². The molecule has 1 aliphatic carbocycles. The van der Waals surface area contributed by atoms with Crippen molar-refractivity contribution in [2.24, 2.45) is 5.41 Å². The van der Waals surface area contributed by atoms with Gasteiger partial charge >= 0.3 is 0 Å². The minimum absolute atomic E-state index is 0.387. The third-order valence-corrected chi connectivity index (χ3v) is 5.01. The molecule has 0 bridgehead atoms. The van der Waals surface area contributed by atoms with Gasteiger partial charge in [-0.2, -0.15) is 0 Å². The van der Waals surface area contributed by atoms with Gasteiger partial charge in [0.25, 0.3) is 0 Å². The van der Waals surface area contributed by atoms with Crippen molar-refractivity contribution in [2.45, 2.75) is 58.0 Å². The van der Waals surface area contributed by atoms with Gasteiger partial charge in [-0.1, -0.05) is 54.4 Å². The van der Waals surface area contributed by atoms with E-state index in [1.807, 2.05) is 12.1 Å². The van der Waals surface area contributed by atoms with Gasteiger partial charge in [-0.05, 0) is 42.7 Å². The summed E-state index contributed by atoms with van der Waals surface area (Å²) in [5.74, 6) is 0. The van der Waals surface area contributed by atoms with Crippen molar-refractivity contribution >= 4 is 15.9 Å². The molecule has 2 rings (SSSR count). The number of hydrogen-bond acceptors (Lipinski definition) is 1. The van der Waals surface area contributed by atoms with Crippen molar-refractivity contribution in [2.75, 3.05) is 0 Å². The highest BCUT2D eigenvalue weighted by molar-refractivity contribution is 9.10. The Morgan fingerprint density at radius 2 is 1.83 bits per heavy atom. The fourth-order valence-electron chi connectivity index (χ4n) is 2.89. The number of benzene rings is 1. The smallest absolute Gasteiger partial charge is 0.0688 e. The molecule has 1 aromatic rings. The monoisotopic (exact) mass is 310 g/mol. The Morgan fingerprint density at radius 1 is 1.11 bits per heavy atom. The van der Waals surface area contributed by atoms with Crippen LogP contribution < -0.4 is 0 Å². The maximum absolute atomic E-state index is 10.8. The van der Waals surface area contributed by atoms with E-state index < -0.39 is 5.60 Å². The largest absolute Gasteiger partial charge is 0.390 e. The van der Waals surface area contributed by atoms with Gasteiger partial charge in [0.2, 0.25) is 0 Å².